The maximum Gasteiger partial charge on any atom is 0.192 e. The number of fused-ring (bicyclic) bond motifs is 1. The Balaban J connectivity index is 1.87. The molecule has 0 aliphatic heterocycles. The summed E-state index contributed by atoms with van der Waals surface area (Å²) in [6.07, 6.45) is 2.91. The number of nitrogens with zero attached hydrogens (tertiary/aromatic N) is 1. The topological polar surface area (TPSA) is 22.0 Å². The lowest BCUT2D eigenvalue weighted by Crippen LogP contribution is -2.07. The highest BCUT2D eigenvalue weighted by atomic mass is 35.5. The van der Waals surface area contributed by atoms with Gasteiger partial charge in [0.15, 0.2) is 5.78 Å². The van der Waals surface area contributed by atoms with Crippen molar-refractivity contribution >= 4 is 39.6 Å². The number of carbonyl (C=O) groups excluding carboxylic acids is 1. The van der Waals surface area contributed by atoms with Crippen LogP contribution in [0.2, 0.25) is 5.02 Å². The average Bonchev–Trinajstić information content (AvgIpc) is 3.05. The van der Waals surface area contributed by atoms with E-state index >= 15 is 0 Å². The van der Waals surface area contributed by atoms with E-state index in [9.17, 15) is 4.79 Å². The first-order chi connectivity index (χ1) is 9.67. The number of aromatic nitrogens is 1. The minimum absolute atomic E-state index is 0.155. The van der Waals surface area contributed by atoms with Gasteiger partial charge in [-0.25, -0.2) is 0 Å². The molecule has 0 atom stereocenters. The minimum Gasteiger partial charge on any atom is -0.340 e. The maximum absolute atomic E-state index is 12.3. The molecule has 0 amide bonds. The summed E-state index contributed by atoms with van der Waals surface area (Å²) in [4.78, 5) is 14.4. The van der Waals surface area contributed by atoms with E-state index in [0.717, 1.165) is 22.2 Å². The summed E-state index contributed by atoms with van der Waals surface area (Å²) >= 11 is 7.56. The van der Waals surface area contributed by atoms with E-state index < -0.39 is 0 Å². The average molecular weight is 304 g/mol. The van der Waals surface area contributed by atoms with Gasteiger partial charge in [-0.2, -0.15) is 0 Å². The van der Waals surface area contributed by atoms with Gasteiger partial charge in [0.05, 0.1) is 11.4 Å². The molecule has 0 bridgehead atoms. The second kappa shape index (κ2) is 5.43. The second-order valence-electron chi connectivity index (χ2n) is 4.69. The normalized spacial score (nSPS) is 11.1. The van der Waals surface area contributed by atoms with Crippen molar-refractivity contribution in [3.63, 3.8) is 0 Å². The lowest BCUT2D eigenvalue weighted by Gasteiger charge is -2.03. The molecule has 102 valence electrons. The van der Waals surface area contributed by atoms with Crippen LogP contribution in [-0.2, 0) is 13.0 Å². The maximum atomic E-state index is 12.3. The van der Waals surface area contributed by atoms with Gasteiger partial charge in [-0.05, 0) is 42.8 Å². The van der Waals surface area contributed by atoms with Crippen LogP contribution in [0.1, 0.15) is 21.5 Å². The van der Waals surface area contributed by atoms with Gasteiger partial charge in [0, 0.05) is 27.0 Å². The lowest BCUT2D eigenvalue weighted by atomic mass is 10.2. The molecule has 0 aliphatic carbocycles. The van der Waals surface area contributed by atoms with Crippen LogP contribution in [0.4, 0.5) is 0 Å². The quantitative estimate of drug-likeness (QED) is 0.634. The van der Waals surface area contributed by atoms with Crippen molar-refractivity contribution in [2.75, 3.05) is 0 Å². The van der Waals surface area contributed by atoms with E-state index in [2.05, 4.69) is 6.92 Å². The zero-order chi connectivity index (χ0) is 14.1. The number of hydrogen-bond acceptors (Lipinski definition) is 2. The number of halogens is 1. The minimum atomic E-state index is 0.155. The molecule has 20 heavy (non-hydrogen) atoms. The molecule has 2 nitrogen and oxygen atoms in total. The molecule has 0 aliphatic rings. The van der Waals surface area contributed by atoms with Crippen molar-refractivity contribution in [1.29, 1.82) is 0 Å². The number of aryl methyl sites for hydroxylation is 1. The van der Waals surface area contributed by atoms with Crippen molar-refractivity contribution in [2.24, 2.45) is 0 Å². The number of ketones is 1. The first-order valence-electron chi connectivity index (χ1n) is 6.53. The van der Waals surface area contributed by atoms with E-state index in [-0.39, 0.29) is 5.78 Å². The van der Waals surface area contributed by atoms with Gasteiger partial charge in [0.25, 0.3) is 0 Å². The Bertz CT molecular complexity index is 772. The van der Waals surface area contributed by atoms with Crippen LogP contribution in [0, 0.1) is 0 Å². The van der Waals surface area contributed by atoms with E-state index in [1.807, 2.05) is 47.2 Å². The van der Waals surface area contributed by atoms with Gasteiger partial charge >= 0.3 is 0 Å². The van der Waals surface area contributed by atoms with Crippen molar-refractivity contribution in [3.8, 4) is 0 Å². The summed E-state index contributed by atoms with van der Waals surface area (Å²) in [6, 6.07) is 11.7. The third-order valence-electron chi connectivity index (χ3n) is 3.33. The molecule has 0 N–H and O–H groups in total. The number of thiophene rings is 1. The fourth-order valence-electron chi connectivity index (χ4n) is 2.26. The SMILES string of the molecule is CCc1ccc(C(=O)Cn2ccc3cc(Cl)ccc32)s1. The number of carbonyl (C=O) groups is 1. The molecule has 0 saturated carbocycles. The van der Waals surface area contributed by atoms with Crippen LogP contribution < -0.4 is 0 Å². The molecule has 0 saturated heterocycles. The standard InChI is InChI=1S/C16H14ClNOS/c1-2-13-4-6-16(20-13)15(19)10-18-8-7-11-9-12(17)3-5-14(11)18/h3-9H,2,10H2,1H3. The molecule has 2 heterocycles. The summed E-state index contributed by atoms with van der Waals surface area (Å²) in [5.41, 5.74) is 1.04. The zero-order valence-electron chi connectivity index (χ0n) is 11.1. The molecule has 0 unspecified atom stereocenters. The summed E-state index contributed by atoms with van der Waals surface area (Å²) < 4.78 is 1.97. The first-order valence-corrected chi connectivity index (χ1v) is 7.73. The van der Waals surface area contributed by atoms with Crippen LogP contribution >= 0.6 is 22.9 Å². The third kappa shape index (κ3) is 2.51. The van der Waals surface area contributed by atoms with Crippen LogP contribution in [0.3, 0.4) is 0 Å². The Morgan fingerprint density at radius 2 is 2.10 bits per heavy atom. The first kappa shape index (κ1) is 13.4. The van der Waals surface area contributed by atoms with Crippen LogP contribution in [0.25, 0.3) is 10.9 Å². The Labute approximate surface area is 126 Å². The van der Waals surface area contributed by atoms with Gasteiger partial charge in [-0.1, -0.05) is 18.5 Å². The Kier molecular flexibility index (Phi) is 3.64. The Morgan fingerprint density at radius 3 is 2.85 bits per heavy atom. The molecule has 0 spiro atoms. The Morgan fingerprint density at radius 1 is 1.25 bits per heavy atom. The lowest BCUT2D eigenvalue weighted by molar-refractivity contribution is 0.0977. The molecule has 3 aromatic rings. The van der Waals surface area contributed by atoms with Crippen molar-refractivity contribution in [3.05, 3.63) is 57.4 Å². The van der Waals surface area contributed by atoms with Crippen molar-refractivity contribution in [2.45, 2.75) is 19.9 Å². The fraction of sp³-hybridized carbons (Fsp3) is 0.188. The summed E-state index contributed by atoms with van der Waals surface area (Å²) in [6.45, 7) is 2.47. The molecule has 1 aromatic carbocycles. The highest BCUT2D eigenvalue weighted by Gasteiger charge is 2.11. The molecular formula is C16H14ClNOS. The molecular weight excluding hydrogens is 290 g/mol. The molecule has 2 aromatic heterocycles. The smallest absolute Gasteiger partial charge is 0.192 e. The largest absolute Gasteiger partial charge is 0.340 e. The zero-order valence-corrected chi connectivity index (χ0v) is 12.7. The highest BCUT2D eigenvalue weighted by Crippen LogP contribution is 2.22. The number of benzene rings is 1. The van der Waals surface area contributed by atoms with Crippen molar-refractivity contribution < 1.29 is 4.79 Å². The number of hydrogen-bond donors (Lipinski definition) is 0. The summed E-state index contributed by atoms with van der Waals surface area (Å²) in [5.74, 6) is 0.155. The van der Waals surface area contributed by atoms with Gasteiger partial charge in [-0.3, -0.25) is 4.79 Å². The molecule has 4 heteroatoms. The van der Waals surface area contributed by atoms with Crippen LogP contribution in [0.5, 0.6) is 0 Å². The molecule has 3 rings (SSSR count). The third-order valence-corrected chi connectivity index (χ3v) is 4.84. The van der Waals surface area contributed by atoms with E-state index in [4.69, 9.17) is 11.6 Å². The van der Waals surface area contributed by atoms with Gasteiger partial charge in [0.1, 0.15) is 0 Å². The predicted octanol–water partition coefficient (Wildman–Crippen LogP) is 4.80. The van der Waals surface area contributed by atoms with Gasteiger partial charge in [-0.15, -0.1) is 11.3 Å². The molecule has 0 radical (unpaired) electrons. The van der Waals surface area contributed by atoms with Crippen LogP contribution in [-0.4, -0.2) is 10.4 Å². The Hall–Kier alpha value is -1.58. The van der Waals surface area contributed by atoms with E-state index in [1.165, 1.54) is 4.88 Å². The highest BCUT2D eigenvalue weighted by molar-refractivity contribution is 7.14. The van der Waals surface area contributed by atoms with Crippen molar-refractivity contribution in [1.82, 2.24) is 4.57 Å². The monoisotopic (exact) mass is 303 g/mol. The predicted molar refractivity (Wildman–Crippen MR) is 85.0 cm³/mol. The van der Waals surface area contributed by atoms with E-state index in [1.54, 1.807) is 11.3 Å². The summed E-state index contributed by atoms with van der Waals surface area (Å²) in [5, 5.41) is 1.78. The van der Waals surface area contributed by atoms with Crippen LogP contribution in [0.15, 0.2) is 42.6 Å². The van der Waals surface area contributed by atoms with E-state index in [0.29, 0.717) is 11.6 Å². The van der Waals surface area contributed by atoms with Gasteiger partial charge in [0.2, 0.25) is 0 Å². The number of Topliss-reactive ketones (excluding diaryl/α,β-unsaturated/α-hetero) is 1. The fourth-order valence-corrected chi connectivity index (χ4v) is 3.32. The second-order valence-corrected chi connectivity index (χ2v) is 6.29. The summed E-state index contributed by atoms with van der Waals surface area (Å²) in [7, 11) is 0. The van der Waals surface area contributed by atoms with Gasteiger partial charge < -0.3 is 4.57 Å². The number of rotatable bonds is 4. The molecule has 0 fully saturated rings.